The number of barbiturate groups is 1. The lowest BCUT2D eigenvalue weighted by atomic mass is 10.1. The number of carbonyl (C=O) groups excluding carboxylic acids is 3. The van der Waals surface area contributed by atoms with E-state index in [2.05, 4.69) is 0 Å². The number of phenolic OH excluding ortho intramolecular Hbond substituents is 1. The number of nitrogens with one attached hydrogen (secondary N) is 1. The van der Waals surface area contributed by atoms with Gasteiger partial charge in [-0.2, -0.15) is 8.42 Å². The van der Waals surface area contributed by atoms with Gasteiger partial charge in [0.2, 0.25) is 0 Å². The Labute approximate surface area is 209 Å². The average Bonchev–Trinajstić information content (AvgIpc) is 2.80. The highest BCUT2D eigenvalue weighted by Gasteiger charge is 2.37. The fourth-order valence-electron chi connectivity index (χ4n) is 3.17. The van der Waals surface area contributed by atoms with Gasteiger partial charge >= 0.3 is 16.1 Å². The predicted molar refractivity (Wildman–Crippen MR) is 128 cm³/mol. The number of halogens is 2. The number of nitrogens with zero attached hydrogens (tertiary/aromatic N) is 1. The Kier molecular flexibility index (Phi) is 6.53. The van der Waals surface area contributed by atoms with Gasteiger partial charge in [-0.05, 0) is 54.6 Å². The average molecular weight is 533 g/mol. The lowest BCUT2D eigenvalue weighted by Gasteiger charge is -2.26. The summed E-state index contributed by atoms with van der Waals surface area (Å²) in [5.74, 6) is -2.50. The number of aromatic hydroxyl groups is 1. The van der Waals surface area contributed by atoms with Gasteiger partial charge < -0.3 is 9.29 Å². The molecule has 9 nitrogen and oxygen atoms in total. The topological polar surface area (TPSA) is 130 Å². The van der Waals surface area contributed by atoms with E-state index in [4.69, 9.17) is 27.4 Å². The summed E-state index contributed by atoms with van der Waals surface area (Å²) in [5.41, 5.74) is -0.533. The molecule has 1 aliphatic rings. The first-order valence-electron chi connectivity index (χ1n) is 9.76. The molecule has 4 rings (SSSR count). The van der Waals surface area contributed by atoms with E-state index in [0.29, 0.717) is 4.90 Å². The minimum absolute atomic E-state index is 0.0708. The summed E-state index contributed by atoms with van der Waals surface area (Å²) in [5, 5.41) is 11.4. The molecule has 0 aromatic heterocycles. The normalized spacial score (nSPS) is 15.3. The molecule has 1 aliphatic heterocycles. The Balaban J connectivity index is 1.79. The van der Waals surface area contributed by atoms with Crippen LogP contribution in [0.15, 0.2) is 77.2 Å². The lowest BCUT2D eigenvalue weighted by molar-refractivity contribution is -0.122. The van der Waals surface area contributed by atoms with Crippen molar-refractivity contribution in [2.75, 3.05) is 4.90 Å². The number of benzene rings is 3. The number of amides is 4. The summed E-state index contributed by atoms with van der Waals surface area (Å²) >= 11 is 12.3. The highest BCUT2D eigenvalue weighted by Crippen LogP contribution is 2.36. The molecule has 12 heteroatoms. The maximum absolute atomic E-state index is 13.1. The van der Waals surface area contributed by atoms with Crippen LogP contribution in [0.5, 0.6) is 11.5 Å². The fraction of sp³-hybridized carbons (Fsp3) is 0. The minimum atomic E-state index is -4.34. The zero-order chi connectivity index (χ0) is 25.3. The van der Waals surface area contributed by atoms with Crippen molar-refractivity contribution in [2.24, 2.45) is 0 Å². The minimum Gasteiger partial charge on any atom is -0.508 e. The lowest BCUT2D eigenvalue weighted by Crippen LogP contribution is -2.54. The second kappa shape index (κ2) is 9.41. The molecule has 1 heterocycles. The molecule has 2 N–H and O–H groups in total. The van der Waals surface area contributed by atoms with Crippen molar-refractivity contribution >= 4 is 62.9 Å². The maximum Gasteiger partial charge on any atom is 0.339 e. The van der Waals surface area contributed by atoms with Crippen LogP contribution in [0.1, 0.15) is 5.56 Å². The largest absolute Gasteiger partial charge is 0.508 e. The molecule has 1 fully saturated rings. The first-order chi connectivity index (χ1) is 16.6. The highest BCUT2D eigenvalue weighted by atomic mass is 35.5. The molecular weight excluding hydrogens is 519 g/mol. The summed E-state index contributed by atoms with van der Waals surface area (Å²) in [6.07, 6.45) is 1.02. The van der Waals surface area contributed by atoms with Gasteiger partial charge in [-0.25, -0.2) is 9.69 Å². The van der Waals surface area contributed by atoms with Crippen molar-refractivity contribution in [2.45, 2.75) is 4.90 Å². The second-order valence-corrected chi connectivity index (χ2v) is 9.52. The Bertz CT molecular complexity index is 1490. The molecule has 0 atom stereocenters. The molecule has 0 aliphatic carbocycles. The van der Waals surface area contributed by atoms with Crippen LogP contribution >= 0.6 is 23.2 Å². The van der Waals surface area contributed by atoms with Crippen LogP contribution in [0.3, 0.4) is 0 Å². The zero-order valence-electron chi connectivity index (χ0n) is 17.4. The van der Waals surface area contributed by atoms with Crippen LogP contribution in [-0.4, -0.2) is 31.4 Å². The SMILES string of the molecule is O=C1NC(=O)N(c2ccc(O)cc2)C(=O)/C1=C/c1cc(Cl)cc(Cl)c1OS(=O)(=O)c1ccccc1. The monoisotopic (exact) mass is 532 g/mol. The molecule has 0 spiro atoms. The number of phenols is 1. The van der Waals surface area contributed by atoms with Gasteiger partial charge in [0.25, 0.3) is 11.8 Å². The van der Waals surface area contributed by atoms with Gasteiger partial charge in [0.15, 0.2) is 5.75 Å². The molecule has 0 saturated carbocycles. The summed E-state index contributed by atoms with van der Waals surface area (Å²) in [6, 6.07) is 13.9. The van der Waals surface area contributed by atoms with Crippen molar-refractivity contribution in [3.63, 3.8) is 0 Å². The molecule has 0 bridgehead atoms. The summed E-state index contributed by atoms with van der Waals surface area (Å²) in [7, 11) is -4.34. The molecule has 0 unspecified atom stereocenters. The zero-order valence-corrected chi connectivity index (χ0v) is 19.8. The van der Waals surface area contributed by atoms with Gasteiger partial charge in [-0.3, -0.25) is 14.9 Å². The standard InChI is InChI=1S/C23H14Cl2N2O7S/c24-14-10-13(20(19(25)12-14)34-35(32,33)17-4-2-1-3-5-17)11-18-21(29)26-23(31)27(22(18)30)15-6-8-16(28)9-7-15/h1-12,28H,(H,26,29,31)/b18-11+. The number of urea groups is 1. The van der Waals surface area contributed by atoms with Crippen LogP contribution in [0.25, 0.3) is 6.08 Å². The molecule has 35 heavy (non-hydrogen) atoms. The van der Waals surface area contributed by atoms with Crippen molar-refractivity contribution in [3.05, 3.63) is 87.9 Å². The molecule has 3 aromatic rings. The Morgan fingerprint density at radius 1 is 0.943 bits per heavy atom. The predicted octanol–water partition coefficient (Wildman–Crippen LogP) is 4.13. The van der Waals surface area contributed by atoms with Crippen LogP contribution < -0.4 is 14.4 Å². The third kappa shape index (κ3) is 4.99. The van der Waals surface area contributed by atoms with E-state index in [9.17, 15) is 27.9 Å². The van der Waals surface area contributed by atoms with Crippen molar-refractivity contribution in [3.8, 4) is 11.5 Å². The van der Waals surface area contributed by atoms with Crippen LogP contribution in [0.4, 0.5) is 10.5 Å². The van der Waals surface area contributed by atoms with Gasteiger partial charge in [0.05, 0.1) is 10.7 Å². The molecular formula is C23H14Cl2N2O7S. The quantitative estimate of drug-likeness (QED) is 0.287. The first-order valence-corrected chi connectivity index (χ1v) is 11.9. The van der Waals surface area contributed by atoms with E-state index in [-0.39, 0.29) is 37.7 Å². The second-order valence-electron chi connectivity index (χ2n) is 7.13. The maximum atomic E-state index is 13.1. The molecule has 3 aromatic carbocycles. The molecule has 178 valence electrons. The number of carbonyl (C=O) groups is 3. The van der Waals surface area contributed by atoms with Crippen LogP contribution in [0, 0.1) is 0 Å². The van der Waals surface area contributed by atoms with Crippen LogP contribution in [0.2, 0.25) is 10.0 Å². The number of imide groups is 2. The van der Waals surface area contributed by atoms with Gasteiger partial charge in [-0.15, -0.1) is 0 Å². The van der Waals surface area contributed by atoms with E-state index >= 15 is 0 Å². The number of anilines is 1. The van der Waals surface area contributed by atoms with E-state index in [1.807, 2.05) is 5.32 Å². The smallest absolute Gasteiger partial charge is 0.339 e. The molecule has 0 radical (unpaired) electrons. The summed E-state index contributed by atoms with van der Waals surface area (Å²) in [6.45, 7) is 0. The van der Waals surface area contributed by atoms with E-state index in [1.165, 1.54) is 60.7 Å². The number of hydrogen-bond acceptors (Lipinski definition) is 7. The van der Waals surface area contributed by atoms with E-state index in [1.54, 1.807) is 6.07 Å². The Hall–Kier alpha value is -3.86. The number of hydrogen-bond donors (Lipinski definition) is 2. The van der Waals surface area contributed by atoms with Gasteiger partial charge in [0, 0.05) is 10.6 Å². The van der Waals surface area contributed by atoms with Gasteiger partial charge in [-0.1, -0.05) is 41.4 Å². The van der Waals surface area contributed by atoms with Gasteiger partial charge in [0.1, 0.15) is 16.2 Å². The first kappa shape index (κ1) is 24.3. The Morgan fingerprint density at radius 3 is 2.26 bits per heavy atom. The van der Waals surface area contributed by atoms with Crippen molar-refractivity contribution in [1.29, 1.82) is 0 Å². The Morgan fingerprint density at radius 2 is 1.60 bits per heavy atom. The highest BCUT2D eigenvalue weighted by molar-refractivity contribution is 7.87. The number of rotatable bonds is 5. The van der Waals surface area contributed by atoms with E-state index < -0.39 is 33.5 Å². The fourth-order valence-corrected chi connectivity index (χ4v) is 4.76. The molecule has 4 amide bonds. The van der Waals surface area contributed by atoms with Crippen molar-refractivity contribution < 1.29 is 32.1 Å². The van der Waals surface area contributed by atoms with E-state index in [0.717, 1.165) is 6.08 Å². The van der Waals surface area contributed by atoms with Crippen LogP contribution in [-0.2, 0) is 19.7 Å². The summed E-state index contributed by atoms with van der Waals surface area (Å²) in [4.78, 5) is 38.5. The molecule has 1 saturated heterocycles. The third-order valence-electron chi connectivity index (χ3n) is 4.77. The van der Waals surface area contributed by atoms with Crippen molar-refractivity contribution in [1.82, 2.24) is 5.32 Å². The summed E-state index contributed by atoms with van der Waals surface area (Å²) < 4.78 is 30.8. The third-order valence-corrected chi connectivity index (χ3v) is 6.51.